The number of nitrogens with zero attached hydrogens (tertiary/aromatic N) is 1. The van der Waals surface area contributed by atoms with Gasteiger partial charge in [-0.05, 0) is 0 Å². The molecule has 13 heavy (non-hydrogen) atoms. The molecule has 1 aliphatic rings. The average Bonchev–Trinajstić information content (AvgIpc) is 2.46. The summed E-state index contributed by atoms with van der Waals surface area (Å²) in [5.41, 5.74) is 0. The number of thiocarbonyl (C=S) groups is 1. The molecular formula is C7H8N2O3S. The maximum absolute atomic E-state index is 11.1. The molecule has 0 aromatic heterocycles. The van der Waals surface area contributed by atoms with Crippen molar-refractivity contribution in [1.29, 1.82) is 0 Å². The fraction of sp³-hybridized carbons (Fsp3) is 0.429. The van der Waals surface area contributed by atoms with Crippen molar-refractivity contribution in [2.45, 2.75) is 13.0 Å². The number of hydrogen-bond donors (Lipinski definition) is 1. The van der Waals surface area contributed by atoms with Gasteiger partial charge in [0.05, 0.1) is 0 Å². The molecule has 70 valence electrons. The maximum atomic E-state index is 11.1. The lowest BCUT2D eigenvalue weighted by Gasteiger charge is -2.02. The van der Waals surface area contributed by atoms with Crippen molar-refractivity contribution in [2.24, 2.45) is 4.99 Å². The highest BCUT2D eigenvalue weighted by molar-refractivity contribution is 7.80. The predicted octanol–water partition coefficient (Wildman–Crippen LogP) is -0.554. The number of aliphatic imine (C=N–C) groups is 1. The number of carbonyl (C=O) groups excluding carboxylic acids is 2. The molecule has 0 saturated heterocycles. The maximum Gasteiger partial charge on any atom is 0.344 e. The summed E-state index contributed by atoms with van der Waals surface area (Å²) in [6.07, 6.45) is 0. The fourth-order valence-electron chi connectivity index (χ4n) is 0.813. The third kappa shape index (κ3) is 1.89. The van der Waals surface area contributed by atoms with E-state index >= 15 is 0 Å². The molecule has 0 fully saturated rings. The Labute approximate surface area is 80.2 Å². The van der Waals surface area contributed by atoms with Gasteiger partial charge in [-0.15, -0.1) is 0 Å². The highest BCUT2D eigenvalue weighted by Crippen LogP contribution is 2.08. The number of likely N-dealkylation sites (N-methyl/N-ethyl adjacent to an activating group) is 1. The highest BCUT2D eigenvalue weighted by atomic mass is 32.1. The minimum absolute atomic E-state index is 0.174. The van der Waals surface area contributed by atoms with Crippen LogP contribution in [0.15, 0.2) is 4.99 Å². The molecule has 1 rings (SSSR count). The van der Waals surface area contributed by atoms with Crippen LogP contribution in [0.4, 0.5) is 0 Å². The Morgan fingerprint density at radius 3 is 2.69 bits per heavy atom. The normalized spacial score (nSPS) is 20.6. The minimum Gasteiger partial charge on any atom is -0.402 e. The standard InChI is InChI=1S/C7H8N2O3S/c1-3(10)5-9-4(6(13)8-2)7(11)12-5/h4H,1-2H3,(H,8,13). The zero-order valence-corrected chi connectivity index (χ0v) is 7.97. The summed E-state index contributed by atoms with van der Waals surface area (Å²) in [6, 6.07) is -0.862. The van der Waals surface area contributed by atoms with E-state index in [0.29, 0.717) is 0 Å². The molecule has 1 aliphatic heterocycles. The first-order valence-electron chi connectivity index (χ1n) is 3.58. The summed E-state index contributed by atoms with van der Waals surface area (Å²) in [7, 11) is 1.58. The van der Waals surface area contributed by atoms with E-state index in [1.165, 1.54) is 6.92 Å². The van der Waals surface area contributed by atoms with Gasteiger partial charge in [0.15, 0.2) is 0 Å². The zero-order chi connectivity index (χ0) is 10.0. The molecule has 0 saturated carbocycles. The van der Waals surface area contributed by atoms with Gasteiger partial charge in [-0.25, -0.2) is 9.79 Å². The molecule has 1 unspecified atom stereocenters. The summed E-state index contributed by atoms with van der Waals surface area (Å²) in [5.74, 6) is -1.16. The molecule has 0 aromatic carbocycles. The van der Waals surface area contributed by atoms with E-state index in [2.05, 4.69) is 15.0 Å². The van der Waals surface area contributed by atoms with Gasteiger partial charge >= 0.3 is 5.97 Å². The van der Waals surface area contributed by atoms with E-state index in [-0.39, 0.29) is 16.7 Å². The number of carbonyl (C=O) groups is 2. The molecule has 0 amide bonds. The first-order valence-corrected chi connectivity index (χ1v) is 3.99. The summed E-state index contributed by atoms with van der Waals surface area (Å²) in [4.78, 5) is 25.8. The Morgan fingerprint density at radius 2 is 2.31 bits per heavy atom. The molecule has 1 heterocycles. The second kappa shape index (κ2) is 3.61. The van der Waals surface area contributed by atoms with Crippen LogP contribution in [0.1, 0.15) is 6.92 Å². The summed E-state index contributed by atoms with van der Waals surface area (Å²) in [5, 5.41) is 2.61. The second-order valence-electron chi connectivity index (χ2n) is 2.43. The number of ketones is 1. The van der Waals surface area contributed by atoms with E-state index < -0.39 is 12.0 Å². The fourth-order valence-corrected chi connectivity index (χ4v) is 0.961. The molecule has 0 aliphatic carbocycles. The smallest absolute Gasteiger partial charge is 0.344 e. The van der Waals surface area contributed by atoms with E-state index in [1.807, 2.05) is 0 Å². The second-order valence-corrected chi connectivity index (χ2v) is 2.87. The molecule has 0 radical (unpaired) electrons. The van der Waals surface area contributed by atoms with Crippen molar-refractivity contribution < 1.29 is 14.3 Å². The quantitative estimate of drug-likeness (QED) is 0.478. The van der Waals surface area contributed by atoms with Crippen molar-refractivity contribution in [2.75, 3.05) is 7.05 Å². The third-order valence-electron chi connectivity index (χ3n) is 1.46. The molecule has 1 N–H and O–H groups in total. The number of Topliss-reactive ketones (excluding diaryl/α,β-unsaturated/α-hetero) is 1. The Bertz CT molecular complexity index is 311. The first-order chi connectivity index (χ1) is 6.06. The van der Waals surface area contributed by atoms with Crippen LogP contribution in [0.25, 0.3) is 0 Å². The summed E-state index contributed by atoms with van der Waals surface area (Å²) >= 11 is 4.80. The lowest BCUT2D eigenvalue weighted by atomic mass is 10.3. The van der Waals surface area contributed by atoms with Crippen LogP contribution in [0.5, 0.6) is 0 Å². The molecule has 0 aromatic rings. The summed E-state index contributed by atoms with van der Waals surface area (Å²) < 4.78 is 4.59. The van der Waals surface area contributed by atoms with Gasteiger partial charge in [-0.2, -0.15) is 0 Å². The number of nitrogens with one attached hydrogen (secondary N) is 1. The molecule has 0 bridgehead atoms. The van der Waals surface area contributed by atoms with Crippen molar-refractivity contribution in [3.05, 3.63) is 0 Å². The van der Waals surface area contributed by atoms with Crippen LogP contribution in [0.3, 0.4) is 0 Å². The Balaban J connectivity index is 2.84. The van der Waals surface area contributed by atoms with Crippen LogP contribution in [0, 0.1) is 0 Å². The summed E-state index contributed by atoms with van der Waals surface area (Å²) in [6.45, 7) is 1.27. The molecular weight excluding hydrogens is 192 g/mol. The van der Waals surface area contributed by atoms with E-state index in [1.54, 1.807) is 7.05 Å². The molecule has 1 atom stereocenters. The lowest BCUT2D eigenvalue weighted by Crippen LogP contribution is -2.33. The van der Waals surface area contributed by atoms with Crippen LogP contribution in [0.2, 0.25) is 0 Å². The van der Waals surface area contributed by atoms with Gasteiger partial charge in [-0.1, -0.05) is 12.2 Å². The Kier molecular flexibility index (Phi) is 2.72. The first kappa shape index (κ1) is 9.79. The van der Waals surface area contributed by atoms with Crippen LogP contribution >= 0.6 is 12.2 Å². The van der Waals surface area contributed by atoms with Gasteiger partial charge in [0.25, 0.3) is 5.90 Å². The van der Waals surface area contributed by atoms with Crippen molar-refractivity contribution in [3.63, 3.8) is 0 Å². The van der Waals surface area contributed by atoms with Gasteiger partial charge in [0.2, 0.25) is 11.8 Å². The highest BCUT2D eigenvalue weighted by Gasteiger charge is 2.33. The van der Waals surface area contributed by atoms with Crippen LogP contribution in [-0.4, -0.2) is 35.7 Å². The van der Waals surface area contributed by atoms with Gasteiger partial charge in [-0.3, -0.25) is 4.79 Å². The average molecular weight is 200 g/mol. The van der Waals surface area contributed by atoms with E-state index in [0.717, 1.165) is 0 Å². The minimum atomic E-state index is -0.862. The topological polar surface area (TPSA) is 67.8 Å². The number of esters is 1. The monoisotopic (exact) mass is 200 g/mol. The predicted molar refractivity (Wildman–Crippen MR) is 49.7 cm³/mol. The molecule has 6 heteroatoms. The number of cyclic esters (lactones) is 1. The largest absolute Gasteiger partial charge is 0.402 e. The van der Waals surface area contributed by atoms with E-state index in [4.69, 9.17) is 12.2 Å². The van der Waals surface area contributed by atoms with Crippen molar-refractivity contribution in [1.82, 2.24) is 5.32 Å². The zero-order valence-electron chi connectivity index (χ0n) is 7.16. The lowest BCUT2D eigenvalue weighted by molar-refractivity contribution is -0.134. The van der Waals surface area contributed by atoms with Crippen LogP contribution < -0.4 is 5.32 Å². The van der Waals surface area contributed by atoms with E-state index in [9.17, 15) is 9.59 Å². The van der Waals surface area contributed by atoms with Gasteiger partial charge in [0.1, 0.15) is 4.99 Å². The number of hydrogen-bond acceptors (Lipinski definition) is 5. The molecule has 0 spiro atoms. The van der Waals surface area contributed by atoms with Gasteiger partial charge in [0, 0.05) is 14.0 Å². The third-order valence-corrected chi connectivity index (χ3v) is 1.89. The Hall–Kier alpha value is -1.30. The Morgan fingerprint density at radius 1 is 1.69 bits per heavy atom. The van der Waals surface area contributed by atoms with Crippen LogP contribution in [-0.2, 0) is 14.3 Å². The SMILES string of the molecule is CNC(=S)C1N=C(C(C)=O)OC1=O. The van der Waals surface area contributed by atoms with Crippen molar-refractivity contribution in [3.8, 4) is 0 Å². The molecule has 5 nitrogen and oxygen atoms in total. The van der Waals surface area contributed by atoms with Crippen molar-refractivity contribution >= 4 is 34.9 Å². The van der Waals surface area contributed by atoms with Gasteiger partial charge < -0.3 is 10.1 Å². The number of ether oxygens (including phenoxy) is 1. The number of rotatable bonds is 2.